The molecule has 1 aliphatic heterocycles. The van der Waals surface area contributed by atoms with Gasteiger partial charge in [0.15, 0.2) is 0 Å². The molecular formula is C25H27N5O3. The third-order valence-corrected chi connectivity index (χ3v) is 5.68. The number of nitrogens with zero attached hydrogens (tertiary/aromatic N) is 4. The largest absolute Gasteiger partial charge is 0.345 e. The number of carbonyl (C=O) groups is 2. The fraction of sp³-hybridized carbons (Fsp3) is 0.280. The van der Waals surface area contributed by atoms with Crippen LogP contribution in [0.2, 0.25) is 0 Å². The van der Waals surface area contributed by atoms with E-state index in [-0.39, 0.29) is 24.6 Å². The van der Waals surface area contributed by atoms with E-state index < -0.39 is 5.91 Å². The van der Waals surface area contributed by atoms with Crippen LogP contribution in [0.15, 0.2) is 71.8 Å². The van der Waals surface area contributed by atoms with Crippen LogP contribution in [0.5, 0.6) is 0 Å². The molecule has 1 saturated heterocycles. The summed E-state index contributed by atoms with van der Waals surface area (Å²) in [5, 5.41) is 3.08. The van der Waals surface area contributed by atoms with Crippen LogP contribution in [0.25, 0.3) is 17.0 Å². The Kier molecular flexibility index (Phi) is 7.26. The summed E-state index contributed by atoms with van der Waals surface area (Å²) < 4.78 is 1.25. The minimum Gasteiger partial charge on any atom is -0.345 e. The van der Waals surface area contributed by atoms with Gasteiger partial charge in [-0.1, -0.05) is 54.6 Å². The summed E-state index contributed by atoms with van der Waals surface area (Å²) >= 11 is 0. The molecule has 170 valence electrons. The number of para-hydroxylation sites is 1. The molecule has 4 rings (SSSR count). The van der Waals surface area contributed by atoms with Crippen molar-refractivity contribution in [3.8, 4) is 0 Å². The van der Waals surface area contributed by atoms with Gasteiger partial charge in [0, 0.05) is 32.7 Å². The molecule has 0 aliphatic carbocycles. The predicted molar refractivity (Wildman–Crippen MR) is 128 cm³/mol. The maximum Gasteiger partial charge on any atom is 0.261 e. The van der Waals surface area contributed by atoms with E-state index in [2.05, 4.69) is 39.5 Å². The third kappa shape index (κ3) is 5.93. The first-order valence-corrected chi connectivity index (χ1v) is 11.0. The van der Waals surface area contributed by atoms with E-state index in [9.17, 15) is 14.4 Å². The molecular weight excluding hydrogens is 418 g/mol. The average Bonchev–Trinajstić information content (AvgIpc) is 2.85. The average molecular weight is 446 g/mol. The Morgan fingerprint density at radius 2 is 1.70 bits per heavy atom. The molecule has 8 nitrogen and oxygen atoms in total. The molecule has 8 heteroatoms. The molecule has 1 aromatic heterocycles. The number of nitrogens with one attached hydrogen (secondary N) is 1. The first-order valence-electron chi connectivity index (χ1n) is 11.0. The number of benzene rings is 2. The van der Waals surface area contributed by atoms with Crippen molar-refractivity contribution >= 4 is 28.8 Å². The summed E-state index contributed by atoms with van der Waals surface area (Å²) in [6, 6.07) is 17.1. The second kappa shape index (κ2) is 10.7. The smallest absolute Gasteiger partial charge is 0.261 e. The molecule has 33 heavy (non-hydrogen) atoms. The van der Waals surface area contributed by atoms with Crippen molar-refractivity contribution in [3.05, 3.63) is 82.9 Å². The maximum absolute atomic E-state index is 12.5. The number of aromatic nitrogens is 2. The Hall–Kier alpha value is -3.78. The Labute approximate surface area is 192 Å². The van der Waals surface area contributed by atoms with Crippen molar-refractivity contribution in [2.75, 3.05) is 39.3 Å². The lowest BCUT2D eigenvalue weighted by atomic mass is 10.2. The monoisotopic (exact) mass is 445 g/mol. The standard InChI is InChI=1S/C25H27N5O3/c31-23(18-30-19-27-22-11-5-4-10-21(22)25(30)33)26-17-24(32)29-15-13-28(14-16-29)12-6-9-20-7-2-1-3-8-20/h1-11,19H,12-18H2,(H,26,31)/b9-6+. The van der Waals surface area contributed by atoms with Crippen LogP contribution < -0.4 is 10.9 Å². The van der Waals surface area contributed by atoms with Crippen molar-refractivity contribution in [3.63, 3.8) is 0 Å². The van der Waals surface area contributed by atoms with Crippen LogP contribution in [0.4, 0.5) is 0 Å². The van der Waals surface area contributed by atoms with Gasteiger partial charge in [-0.05, 0) is 17.7 Å². The van der Waals surface area contributed by atoms with Gasteiger partial charge in [-0.2, -0.15) is 0 Å². The summed E-state index contributed by atoms with van der Waals surface area (Å²) in [6.45, 7) is 3.41. The molecule has 1 fully saturated rings. The Bertz CT molecular complexity index is 1200. The van der Waals surface area contributed by atoms with E-state index in [0.29, 0.717) is 24.0 Å². The molecule has 0 radical (unpaired) electrons. The van der Waals surface area contributed by atoms with E-state index in [1.54, 1.807) is 29.2 Å². The van der Waals surface area contributed by atoms with Gasteiger partial charge in [0.1, 0.15) is 6.54 Å². The molecule has 0 unspecified atom stereocenters. The number of hydrogen-bond donors (Lipinski definition) is 1. The van der Waals surface area contributed by atoms with Gasteiger partial charge in [0.25, 0.3) is 5.56 Å². The summed E-state index contributed by atoms with van der Waals surface area (Å²) in [7, 11) is 0. The van der Waals surface area contributed by atoms with Gasteiger partial charge in [0.2, 0.25) is 11.8 Å². The van der Waals surface area contributed by atoms with Gasteiger partial charge in [0.05, 0.1) is 23.8 Å². The van der Waals surface area contributed by atoms with Crippen LogP contribution in [-0.2, 0) is 16.1 Å². The number of piperazine rings is 1. The highest BCUT2D eigenvalue weighted by Crippen LogP contribution is 2.06. The van der Waals surface area contributed by atoms with E-state index in [1.165, 1.54) is 16.5 Å². The molecule has 1 aliphatic rings. The lowest BCUT2D eigenvalue weighted by molar-refractivity contribution is -0.134. The maximum atomic E-state index is 12.5. The first kappa shape index (κ1) is 22.4. The van der Waals surface area contributed by atoms with Crippen LogP contribution in [-0.4, -0.2) is 70.4 Å². The lowest BCUT2D eigenvalue weighted by Gasteiger charge is -2.34. The van der Waals surface area contributed by atoms with E-state index >= 15 is 0 Å². The van der Waals surface area contributed by atoms with Crippen molar-refractivity contribution in [1.82, 2.24) is 24.7 Å². The van der Waals surface area contributed by atoms with Crippen molar-refractivity contribution in [2.45, 2.75) is 6.54 Å². The van der Waals surface area contributed by atoms with Gasteiger partial charge in [-0.15, -0.1) is 0 Å². The first-order chi connectivity index (χ1) is 16.1. The zero-order valence-electron chi connectivity index (χ0n) is 18.4. The normalized spacial score (nSPS) is 14.6. The van der Waals surface area contributed by atoms with Crippen molar-refractivity contribution < 1.29 is 9.59 Å². The lowest BCUT2D eigenvalue weighted by Crippen LogP contribution is -2.51. The number of rotatable bonds is 7. The van der Waals surface area contributed by atoms with Gasteiger partial charge in [-0.25, -0.2) is 4.98 Å². The SMILES string of the molecule is O=C(Cn1cnc2ccccc2c1=O)NCC(=O)N1CCN(C/C=C/c2ccccc2)CC1. The van der Waals surface area contributed by atoms with E-state index in [4.69, 9.17) is 0 Å². The second-order valence-electron chi connectivity index (χ2n) is 7.97. The molecule has 0 bridgehead atoms. The fourth-order valence-electron chi connectivity index (χ4n) is 3.80. The second-order valence-corrected chi connectivity index (χ2v) is 7.97. The Morgan fingerprint density at radius 1 is 0.970 bits per heavy atom. The van der Waals surface area contributed by atoms with E-state index in [1.807, 2.05) is 18.2 Å². The Balaban J connectivity index is 1.20. The van der Waals surface area contributed by atoms with Crippen LogP contribution in [0, 0.1) is 0 Å². The molecule has 0 atom stereocenters. The number of amides is 2. The summed E-state index contributed by atoms with van der Waals surface area (Å²) in [5.74, 6) is -0.515. The zero-order valence-corrected chi connectivity index (χ0v) is 18.4. The van der Waals surface area contributed by atoms with Gasteiger partial charge >= 0.3 is 0 Å². The summed E-state index contributed by atoms with van der Waals surface area (Å²) in [5.41, 5.74) is 1.48. The number of hydrogen-bond acceptors (Lipinski definition) is 5. The van der Waals surface area contributed by atoms with E-state index in [0.717, 1.165) is 19.6 Å². The highest BCUT2D eigenvalue weighted by Gasteiger charge is 2.20. The molecule has 0 saturated carbocycles. The molecule has 0 spiro atoms. The Morgan fingerprint density at radius 3 is 2.48 bits per heavy atom. The van der Waals surface area contributed by atoms with Gasteiger partial charge < -0.3 is 10.2 Å². The van der Waals surface area contributed by atoms with Gasteiger partial charge in [-0.3, -0.25) is 23.9 Å². The topological polar surface area (TPSA) is 87.5 Å². The predicted octanol–water partition coefficient (Wildman–Crippen LogP) is 1.37. The highest BCUT2D eigenvalue weighted by molar-refractivity contribution is 5.85. The van der Waals surface area contributed by atoms with Crippen LogP contribution >= 0.6 is 0 Å². The highest BCUT2D eigenvalue weighted by atomic mass is 16.2. The minimum atomic E-state index is -0.396. The molecule has 2 amide bonds. The fourth-order valence-corrected chi connectivity index (χ4v) is 3.80. The molecule has 2 heterocycles. The van der Waals surface area contributed by atoms with Crippen molar-refractivity contribution in [1.29, 1.82) is 0 Å². The molecule has 1 N–H and O–H groups in total. The minimum absolute atomic E-state index is 0.0808. The van der Waals surface area contributed by atoms with Crippen LogP contribution in [0.1, 0.15) is 5.56 Å². The molecule has 3 aromatic rings. The van der Waals surface area contributed by atoms with Crippen molar-refractivity contribution in [2.24, 2.45) is 0 Å². The quantitative estimate of drug-likeness (QED) is 0.594. The number of fused-ring (bicyclic) bond motifs is 1. The summed E-state index contributed by atoms with van der Waals surface area (Å²) in [4.78, 5) is 45.5. The third-order valence-electron chi connectivity index (χ3n) is 5.68. The number of carbonyl (C=O) groups excluding carboxylic acids is 2. The summed E-state index contributed by atoms with van der Waals surface area (Å²) in [6.07, 6.45) is 5.59. The molecule has 2 aromatic carbocycles. The zero-order chi connectivity index (χ0) is 23.0. The van der Waals surface area contributed by atoms with Crippen LogP contribution in [0.3, 0.4) is 0 Å².